The second-order valence-electron chi connectivity index (χ2n) is 5.28. The molecule has 0 aliphatic heterocycles. The minimum atomic E-state index is 0.291. The summed E-state index contributed by atoms with van der Waals surface area (Å²) in [6.07, 6.45) is 0. The fourth-order valence-electron chi connectivity index (χ4n) is 2.17. The minimum absolute atomic E-state index is 0.291. The summed E-state index contributed by atoms with van der Waals surface area (Å²) in [5, 5.41) is 5.79. The molecule has 1 aromatic heterocycles. The number of halogens is 1. The van der Waals surface area contributed by atoms with Gasteiger partial charge in [0.05, 0.1) is 0 Å². The molecule has 0 aliphatic rings. The molecular formula is C17H16BrN3. The van der Waals surface area contributed by atoms with E-state index in [1.165, 1.54) is 10.8 Å². The molecule has 3 rings (SSSR count). The van der Waals surface area contributed by atoms with Crippen molar-refractivity contribution in [1.82, 2.24) is 9.97 Å². The Morgan fingerprint density at radius 3 is 2.48 bits per heavy atom. The number of fused-ring (bicyclic) bond motifs is 1. The highest BCUT2D eigenvalue weighted by Crippen LogP contribution is 2.23. The molecule has 0 saturated carbocycles. The highest BCUT2D eigenvalue weighted by Gasteiger charge is 2.07. The zero-order valence-corrected chi connectivity index (χ0v) is 13.6. The maximum absolute atomic E-state index is 4.56. The third-order valence-corrected chi connectivity index (χ3v) is 3.66. The first-order valence-electron chi connectivity index (χ1n) is 6.92. The third kappa shape index (κ3) is 3.22. The molecule has 0 atom stereocenters. The summed E-state index contributed by atoms with van der Waals surface area (Å²) in [5.41, 5.74) is 1.02. The lowest BCUT2D eigenvalue weighted by Gasteiger charge is -2.10. The third-order valence-electron chi connectivity index (χ3n) is 3.25. The van der Waals surface area contributed by atoms with Crippen LogP contribution in [0.3, 0.4) is 0 Å². The Morgan fingerprint density at radius 1 is 0.952 bits per heavy atom. The summed E-state index contributed by atoms with van der Waals surface area (Å²) in [7, 11) is 0. The van der Waals surface area contributed by atoms with Crippen LogP contribution >= 0.6 is 15.9 Å². The largest absolute Gasteiger partial charge is 0.340 e. The lowest BCUT2D eigenvalue weighted by Crippen LogP contribution is -2.02. The van der Waals surface area contributed by atoms with Crippen LogP contribution in [0.5, 0.6) is 0 Å². The molecule has 0 fully saturated rings. The van der Waals surface area contributed by atoms with Gasteiger partial charge in [-0.05, 0) is 38.8 Å². The van der Waals surface area contributed by atoms with Crippen LogP contribution < -0.4 is 5.32 Å². The Bertz CT molecular complexity index is 784. The van der Waals surface area contributed by atoms with Crippen LogP contribution in [-0.2, 0) is 0 Å². The fraction of sp³-hybridized carbons (Fsp3) is 0.176. The van der Waals surface area contributed by atoms with Gasteiger partial charge in [0.1, 0.15) is 16.2 Å². The van der Waals surface area contributed by atoms with Gasteiger partial charge in [-0.1, -0.05) is 44.2 Å². The van der Waals surface area contributed by atoms with Crippen LogP contribution in [-0.4, -0.2) is 9.97 Å². The van der Waals surface area contributed by atoms with E-state index in [1.54, 1.807) is 0 Å². The van der Waals surface area contributed by atoms with Gasteiger partial charge >= 0.3 is 0 Å². The molecule has 0 saturated heterocycles. The summed E-state index contributed by atoms with van der Waals surface area (Å²) in [6.45, 7) is 4.17. The first-order valence-corrected chi connectivity index (χ1v) is 7.71. The van der Waals surface area contributed by atoms with Gasteiger partial charge in [0.25, 0.3) is 0 Å². The van der Waals surface area contributed by atoms with Gasteiger partial charge in [-0.2, -0.15) is 0 Å². The molecule has 0 bridgehead atoms. The van der Waals surface area contributed by atoms with Gasteiger partial charge in [-0.3, -0.25) is 0 Å². The lowest BCUT2D eigenvalue weighted by atomic mass is 10.1. The van der Waals surface area contributed by atoms with Crippen LogP contribution in [0, 0.1) is 0 Å². The average molecular weight is 342 g/mol. The molecular weight excluding hydrogens is 326 g/mol. The van der Waals surface area contributed by atoms with Gasteiger partial charge in [0.15, 0.2) is 0 Å². The molecule has 1 heterocycles. The van der Waals surface area contributed by atoms with E-state index in [-0.39, 0.29) is 0 Å². The Balaban J connectivity index is 1.94. The number of hydrogen-bond acceptors (Lipinski definition) is 3. The Hall–Kier alpha value is -1.94. The average Bonchev–Trinajstić information content (AvgIpc) is 2.46. The maximum Gasteiger partial charge on any atom is 0.135 e. The van der Waals surface area contributed by atoms with E-state index in [9.17, 15) is 0 Å². The first kappa shape index (κ1) is 14.0. The van der Waals surface area contributed by atoms with Gasteiger partial charge in [0.2, 0.25) is 0 Å². The van der Waals surface area contributed by atoms with Crippen molar-refractivity contribution in [3.05, 3.63) is 59.0 Å². The number of nitrogens with one attached hydrogen (secondary N) is 1. The quantitative estimate of drug-likeness (QED) is 0.660. The zero-order chi connectivity index (χ0) is 14.8. The van der Waals surface area contributed by atoms with Crippen molar-refractivity contribution in [3.8, 4) is 0 Å². The summed E-state index contributed by atoms with van der Waals surface area (Å²) >= 11 is 3.44. The fourth-order valence-corrected chi connectivity index (χ4v) is 2.57. The Morgan fingerprint density at radius 2 is 1.71 bits per heavy atom. The number of hydrogen-bond donors (Lipinski definition) is 1. The molecule has 3 aromatic rings. The SMILES string of the molecule is CC(C)c1nc(Br)cc(Nc2ccc3ccccc3c2)n1. The molecule has 2 aromatic carbocycles. The maximum atomic E-state index is 4.56. The monoisotopic (exact) mass is 341 g/mol. The highest BCUT2D eigenvalue weighted by molar-refractivity contribution is 9.10. The Labute approximate surface area is 132 Å². The van der Waals surface area contributed by atoms with Gasteiger partial charge in [-0.25, -0.2) is 9.97 Å². The summed E-state index contributed by atoms with van der Waals surface area (Å²) in [4.78, 5) is 8.95. The van der Waals surface area contributed by atoms with Crippen LogP contribution in [0.4, 0.5) is 11.5 Å². The molecule has 0 amide bonds. The van der Waals surface area contributed by atoms with Crippen molar-refractivity contribution < 1.29 is 0 Å². The number of rotatable bonds is 3. The van der Waals surface area contributed by atoms with Crippen molar-refractivity contribution in [2.75, 3.05) is 5.32 Å². The number of aromatic nitrogens is 2. The normalized spacial score (nSPS) is 11.0. The molecule has 0 spiro atoms. The predicted octanol–water partition coefficient (Wildman–Crippen LogP) is 5.26. The van der Waals surface area contributed by atoms with E-state index in [0.29, 0.717) is 5.92 Å². The first-order chi connectivity index (χ1) is 10.1. The van der Waals surface area contributed by atoms with Crippen LogP contribution in [0.2, 0.25) is 0 Å². The van der Waals surface area contributed by atoms with Crippen LogP contribution in [0.1, 0.15) is 25.6 Å². The van der Waals surface area contributed by atoms with Crippen molar-refractivity contribution >= 4 is 38.2 Å². The summed E-state index contributed by atoms with van der Waals surface area (Å²) < 4.78 is 0.796. The highest BCUT2D eigenvalue weighted by atomic mass is 79.9. The van der Waals surface area contributed by atoms with E-state index in [0.717, 1.165) is 21.9 Å². The van der Waals surface area contributed by atoms with E-state index in [1.807, 2.05) is 18.2 Å². The molecule has 106 valence electrons. The van der Waals surface area contributed by atoms with Crippen molar-refractivity contribution in [2.45, 2.75) is 19.8 Å². The second kappa shape index (κ2) is 5.82. The van der Waals surface area contributed by atoms with E-state index in [4.69, 9.17) is 0 Å². The summed E-state index contributed by atoms with van der Waals surface area (Å²) in [6, 6.07) is 16.5. The second-order valence-corrected chi connectivity index (χ2v) is 6.09. The standard InChI is InChI=1S/C17H16BrN3/c1-11(2)17-20-15(18)10-16(21-17)19-14-8-7-12-5-3-4-6-13(12)9-14/h3-11H,1-2H3,(H,19,20,21). The molecule has 0 unspecified atom stereocenters. The zero-order valence-electron chi connectivity index (χ0n) is 12.0. The number of anilines is 2. The topological polar surface area (TPSA) is 37.8 Å². The lowest BCUT2D eigenvalue weighted by molar-refractivity contribution is 0.771. The van der Waals surface area contributed by atoms with Crippen molar-refractivity contribution in [1.29, 1.82) is 0 Å². The van der Waals surface area contributed by atoms with E-state index >= 15 is 0 Å². The van der Waals surface area contributed by atoms with Crippen LogP contribution in [0.15, 0.2) is 53.1 Å². The van der Waals surface area contributed by atoms with E-state index in [2.05, 4.69) is 75.4 Å². The van der Waals surface area contributed by atoms with Gasteiger partial charge in [0, 0.05) is 17.7 Å². The molecule has 1 N–H and O–H groups in total. The van der Waals surface area contributed by atoms with Gasteiger partial charge in [-0.15, -0.1) is 0 Å². The van der Waals surface area contributed by atoms with Crippen molar-refractivity contribution in [2.24, 2.45) is 0 Å². The minimum Gasteiger partial charge on any atom is -0.340 e. The van der Waals surface area contributed by atoms with E-state index < -0.39 is 0 Å². The molecule has 0 radical (unpaired) electrons. The van der Waals surface area contributed by atoms with Crippen molar-refractivity contribution in [3.63, 3.8) is 0 Å². The number of nitrogens with zero attached hydrogens (tertiary/aromatic N) is 2. The van der Waals surface area contributed by atoms with Crippen LogP contribution in [0.25, 0.3) is 10.8 Å². The molecule has 4 heteroatoms. The van der Waals surface area contributed by atoms with Gasteiger partial charge < -0.3 is 5.32 Å². The number of benzene rings is 2. The predicted molar refractivity (Wildman–Crippen MR) is 91.1 cm³/mol. The molecule has 21 heavy (non-hydrogen) atoms. The summed E-state index contributed by atoms with van der Waals surface area (Å²) in [5.74, 6) is 1.92. The Kier molecular flexibility index (Phi) is 3.88. The molecule has 3 nitrogen and oxygen atoms in total. The molecule has 0 aliphatic carbocycles. The smallest absolute Gasteiger partial charge is 0.135 e.